The van der Waals surface area contributed by atoms with Crippen molar-refractivity contribution in [1.29, 1.82) is 0 Å². The number of benzene rings is 2. The van der Waals surface area contributed by atoms with Gasteiger partial charge in [-0.1, -0.05) is 12.1 Å². The van der Waals surface area contributed by atoms with Crippen LogP contribution >= 0.6 is 11.8 Å². The van der Waals surface area contributed by atoms with Gasteiger partial charge in [-0.15, -0.1) is 11.8 Å². The Morgan fingerprint density at radius 2 is 1.90 bits per heavy atom. The first-order valence-corrected chi connectivity index (χ1v) is 10.3. The van der Waals surface area contributed by atoms with Gasteiger partial charge >= 0.3 is 0 Å². The fourth-order valence-electron chi connectivity index (χ4n) is 3.35. The summed E-state index contributed by atoms with van der Waals surface area (Å²) in [6, 6.07) is 15.0. The number of thioether (sulfide) groups is 1. The molecule has 2 aromatic carbocycles. The number of hydrogen-bond donors (Lipinski definition) is 2. The molecule has 7 nitrogen and oxygen atoms in total. The molecule has 29 heavy (non-hydrogen) atoms. The van der Waals surface area contributed by atoms with Crippen molar-refractivity contribution >= 4 is 29.3 Å². The van der Waals surface area contributed by atoms with Crippen LogP contribution in [0.1, 0.15) is 18.5 Å². The van der Waals surface area contributed by atoms with Crippen LogP contribution in [0.2, 0.25) is 0 Å². The quantitative estimate of drug-likeness (QED) is 0.624. The molecule has 2 N–H and O–H groups in total. The second-order valence-electron chi connectivity index (χ2n) is 6.55. The molecular weight excluding hydrogens is 386 g/mol. The molecule has 3 aromatic rings. The highest BCUT2D eigenvalue weighted by Crippen LogP contribution is 2.35. The van der Waals surface area contributed by atoms with Crippen molar-refractivity contribution in [2.24, 2.45) is 0 Å². The Hall–Kier alpha value is -3.26. The van der Waals surface area contributed by atoms with Crippen molar-refractivity contribution in [3.05, 3.63) is 71.7 Å². The molecule has 1 amide bonds. The van der Waals surface area contributed by atoms with Gasteiger partial charge in [-0.05, 0) is 55.1 Å². The average molecular weight is 407 g/mol. The van der Waals surface area contributed by atoms with Crippen LogP contribution in [-0.4, -0.2) is 34.0 Å². The monoisotopic (exact) mass is 407 g/mol. The molecule has 0 aliphatic carbocycles. The topological polar surface area (TPSA) is 81.1 Å². The Morgan fingerprint density at radius 3 is 2.55 bits per heavy atom. The molecule has 1 aromatic heterocycles. The maximum absolute atomic E-state index is 13.3. The van der Waals surface area contributed by atoms with Gasteiger partial charge in [0.2, 0.25) is 5.95 Å². The highest BCUT2D eigenvalue weighted by atomic mass is 32.2. The molecule has 0 bridgehead atoms. The molecule has 0 radical (unpaired) electrons. The molecule has 0 fully saturated rings. The number of carbonyl (C=O) groups is 1. The van der Waals surface area contributed by atoms with E-state index in [0.29, 0.717) is 17.2 Å². The SMILES string of the molecule is COc1ccc(NC(=O)C2=C(C)Nc3ncnn3[C@@H]2c2ccc(SC)cc2)cc1. The molecule has 0 saturated carbocycles. The minimum atomic E-state index is -0.372. The first-order valence-electron chi connectivity index (χ1n) is 9.07. The lowest BCUT2D eigenvalue weighted by molar-refractivity contribution is -0.113. The standard InChI is InChI=1S/C21H21N5O2S/c1-13-18(20(27)25-15-6-8-16(28-2)9-7-15)19(26-21(24-13)22-12-23-26)14-4-10-17(29-3)11-5-14/h4-12,19H,1-3H3,(H,25,27)(H,22,23,24)/t19-/m1/s1. The zero-order chi connectivity index (χ0) is 20.4. The highest BCUT2D eigenvalue weighted by molar-refractivity contribution is 7.98. The van der Waals surface area contributed by atoms with Crippen LogP contribution in [0, 0.1) is 0 Å². The second kappa shape index (κ2) is 8.00. The van der Waals surface area contributed by atoms with Crippen LogP contribution in [0.15, 0.2) is 71.0 Å². The van der Waals surface area contributed by atoms with Gasteiger partial charge in [0.1, 0.15) is 18.1 Å². The summed E-state index contributed by atoms with van der Waals surface area (Å²) < 4.78 is 6.92. The summed E-state index contributed by atoms with van der Waals surface area (Å²) >= 11 is 1.68. The number of hydrogen-bond acceptors (Lipinski definition) is 6. The van der Waals surface area contributed by atoms with Gasteiger partial charge in [0.25, 0.3) is 5.91 Å². The zero-order valence-corrected chi connectivity index (χ0v) is 17.2. The number of carbonyl (C=O) groups excluding carboxylic acids is 1. The summed E-state index contributed by atoms with van der Waals surface area (Å²) in [6.07, 6.45) is 3.52. The van der Waals surface area contributed by atoms with Crippen molar-refractivity contribution in [1.82, 2.24) is 14.8 Å². The molecule has 8 heteroatoms. The van der Waals surface area contributed by atoms with E-state index in [1.807, 2.05) is 61.7 Å². The maximum Gasteiger partial charge on any atom is 0.255 e. The number of anilines is 2. The van der Waals surface area contributed by atoms with Crippen LogP contribution in [0.5, 0.6) is 5.75 Å². The first kappa shape index (κ1) is 19.1. The zero-order valence-electron chi connectivity index (χ0n) is 16.3. The smallest absolute Gasteiger partial charge is 0.255 e. The lowest BCUT2D eigenvalue weighted by atomic mass is 9.95. The maximum atomic E-state index is 13.3. The number of fused-ring (bicyclic) bond motifs is 1. The molecule has 4 rings (SSSR count). The average Bonchev–Trinajstić information content (AvgIpc) is 3.21. The van der Waals surface area contributed by atoms with E-state index in [0.717, 1.165) is 21.9 Å². The minimum absolute atomic E-state index is 0.194. The molecule has 1 aliphatic heterocycles. The normalized spacial score (nSPS) is 15.5. The Morgan fingerprint density at radius 1 is 1.17 bits per heavy atom. The van der Waals surface area contributed by atoms with Crippen LogP contribution in [-0.2, 0) is 4.79 Å². The molecular formula is C21H21N5O2S. The van der Waals surface area contributed by atoms with Gasteiger partial charge in [-0.25, -0.2) is 4.68 Å². The lowest BCUT2D eigenvalue weighted by Gasteiger charge is -2.28. The number of ether oxygens (including phenoxy) is 1. The number of methoxy groups -OCH3 is 1. The Balaban J connectivity index is 1.70. The van der Waals surface area contributed by atoms with Crippen molar-refractivity contribution in [3.63, 3.8) is 0 Å². The van der Waals surface area contributed by atoms with Crippen LogP contribution < -0.4 is 15.4 Å². The molecule has 2 heterocycles. The molecule has 148 valence electrons. The summed E-state index contributed by atoms with van der Waals surface area (Å²) in [5, 5.41) is 10.5. The molecule has 0 spiro atoms. The van der Waals surface area contributed by atoms with E-state index in [1.54, 1.807) is 23.6 Å². The predicted molar refractivity (Wildman–Crippen MR) is 114 cm³/mol. The van der Waals surface area contributed by atoms with E-state index in [9.17, 15) is 4.79 Å². The predicted octanol–water partition coefficient (Wildman–Crippen LogP) is 3.94. The first-order chi connectivity index (χ1) is 14.1. The van der Waals surface area contributed by atoms with Crippen molar-refractivity contribution in [3.8, 4) is 5.75 Å². The third-order valence-corrected chi connectivity index (χ3v) is 5.56. The number of allylic oxidation sites excluding steroid dienone is 1. The van der Waals surface area contributed by atoms with Gasteiger partial charge in [0.05, 0.1) is 12.7 Å². The summed E-state index contributed by atoms with van der Waals surface area (Å²) in [5.74, 6) is 1.15. The largest absolute Gasteiger partial charge is 0.497 e. The van der Waals surface area contributed by atoms with E-state index < -0.39 is 0 Å². The van der Waals surface area contributed by atoms with E-state index in [2.05, 4.69) is 20.7 Å². The van der Waals surface area contributed by atoms with Crippen LogP contribution in [0.3, 0.4) is 0 Å². The Labute approximate surface area is 173 Å². The van der Waals surface area contributed by atoms with Gasteiger partial charge in [-0.3, -0.25) is 4.79 Å². The Kier molecular flexibility index (Phi) is 5.26. The van der Waals surface area contributed by atoms with Gasteiger partial charge < -0.3 is 15.4 Å². The van der Waals surface area contributed by atoms with E-state index in [1.165, 1.54) is 6.33 Å². The molecule has 0 unspecified atom stereocenters. The molecule has 1 aliphatic rings. The van der Waals surface area contributed by atoms with Gasteiger partial charge in [0.15, 0.2) is 0 Å². The van der Waals surface area contributed by atoms with Crippen molar-refractivity contribution in [2.45, 2.75) is 17.9 Å². The minimum Gasteiger partial charge on any atom is -0.497 e. The summed E-state index contributed by atoms with van der Waals surface area (Å²) in [7, 11) is 1.61. The van der Waals surface area contributed by atoms with Crippen LogP contribution in [0.4, 0.5) is 11.6 Å². The number of amides is 1. The number of rotatable bonds is 5. The summed E-state index contributed by atoms with van der Waals surface area (Å²) in [5.41, 5.74) is 3.00. The van der Waals surface area contributed by atoms with Crippen molar-refractivity contribution < 1.29 is 9.53 Å². The number of nitrogens with one attached hydrogen (secondary N) is 2. The van der Waals surface area contributed by atoms with Gasteiger partial charge in [0, 0.05) is 16.3 Å². The molecule has 1 atom stereocenters. The summed E-state index contributed by atoms with van der Waals surface area (Å²) in [6.45, 7) is 1.88. The van der Waals surface area contributed by atoms with E-state index in [4.69, 9.17) is 4.74 Å². The lowest BCUT2D eigenvalue weighted by Crippen LogP contribution is -2.31. The fraction of sp³-hybridized carbons (Fsp3) is 0.190. The number of aromatic nitrogens is 3. The third-order valence-electron chi connectivity index (χ3n) is 4.82. The van der Waals surface area contributed by atoms with E-state index >= 15 is 0 Å². The second-order valence-corrected chi connectivity index (χ2v) is 7.43. The summed E-state index contributed by atoms with van der Waals surface area (Å²) in [4.78, 5) is 18.7. The Bertz CT molecular complexity index is 1060. The molecule has 0 saturated heterocycles. The van der Waals surface area contributed by atoms with Crippen LogP contribution in [0.25, 0.3) is 0 Å². The third kappa shape index (κ3) is 3.71. The van der Waals surface area contributed by atoms with E-state index in [-0.39, 0.29) is 11.9 Å². The highest BCUT2D eigenvalue weighted by Gasteiger charge is 2.33. The van der Waals surface area contributed by atoms with Crippen molar-refractivity contribution in [2.75, 3.05) is 24.0 Å². The fourth-order valence-corrected chi connectivity index (χ4v) is 3.76. The number of nitrogens with zero attached hydrogens (tertiary/aromatic N) is 3. The van der Waals surface area contributed by atoms with Gasteiger partial charge in [-0.2, -0.15) is 10.1 Å².